The van der Waals surface area contributed by atoms with Gasteiger partial charge in [-0.25, -0.2) is 8.42 Å². The summed E-state index contributed by atoms with van der Waals surface area (Å²) in [5.41, 5.74) is 0.375. The third-order valence-corrected chi connectivity index (χ3v) is 4.15. The molecule has 21 heavy (non-hydrogen) atoms. The molecule has 112 valence electrons. The Kier molecular flexibility index (Phi) is 5.63. The molecule has 0 aliphatic carbocycles. The summed E-state index contributed by atoms with van der Waals surface area (Å²) in [5.74, 6) is -1.25. The highest BCUT2D eigenvalue weighted by atomic mass is 32.2. The van der Waals surface area contributed by atoms with Crippen LogP contribution in [0.15, 0.2) is 65.6 Å². The number of benzene rings is 2. The fourth-order valence-corrected chi connectivity index (χ4v) is 2.93. The zero-order chi connectivity index (χ0) is 14.6. The number of nitrogens with one attached hydrogen (secondary N) is 1. The lowest BCUT2D eigenvalue weighted by atomic mass is 10.1. The summed E-state index contributed by atoms with van der Waals surface area (Å²) in [7, 11) is -3.88. The zero-order valence-electron chi connectivity index (χ0n) is 10.4. The molecule has 0 fully saturated rings. The molecule has 0 saturated carbocycles. The lowest BCUT2D eigenvalue weighted by Gasteiger charge is -2.15. The molecule has 2 N–H and O–H groups in total. The lowest BCUT2D eigenvalue weighted by Crippen LogP contribution is -2.33. The summed E-state index contributed by atoms with van der Waals surface area (Å²) in [4.78, 5) is 11.3. The number of carbonyl (C=O) groups is 1. The number of sulfonamides is 1. The van der Waals surface area contributed by atoms with Crippen molar-refractivity contribution in [1.82, 2.24) is 4.72 Å². The smallest absolute Gasteiger partial charge is 0.326 e. The van der Waals surface area contributed by atoms with Crippen molar-refractivity contribution in [3.8, 4) is 0 Å². The summed E-state index contributed by atoms with van der Waals surface area (Å²) < 4.78 is 26.5. The first kappa shape index (κ1) is 16.9. The molecule has 0 aliphatic heterocycles. The van der Waals surface area contributed by atoms with Crippen LogP contribution in [0.2, 0.25) is 0 Å². The molecule has 0 aromatic heterocycles. The van der Waals surface area contributed by atoms with E-state index in [0.717, 1.165) is 0 Å². The maximum absolute atomic E-state index is 12.1. The standard InChI is InChI=1S/C14H13NO4S.CH4/c16-14(17)13(11-7-3-1-4-8-11)15-20(18,19)12-9-5-2-6-10-12;/h1-10,13,15H,(H,16,17);1H4/t13-;/m0./s1. The van der Waals surface area contributed by atoms with E-state index in [0.29, 0.717) is 5.56 Å². The molecule has 2 rings (SSSR count). The minimum Gasteiger partial charge on any atom is -0.480 e. The second-order valence-corrected chi connectivity index (χ2v) is 5.83. The quantitative estimate of drug-likeness (QED) is 0.888. The molecule has 5 nitrogen and oxygen atoms in total. The number of carboxylic acid groups (broad SMARTS) is 1. The zero-order valence-corrected chi connectivity index (χ0v) is 11.2. The topological polar surface area (TPSA) is 83.5 Å². The van der Waals surface area contributed by atoms with Gasteiger partial charge in [0.15, 0.2) is 0 Å². The minimum atomic E-state index is -3.88. The molecule has 0 amide bonds. The maximum Gasteiger partial charge on any atom is 0.326 e. The average molecular weight is 307 g/mol. The van der Waals surface area contributed by atoms with Gasteiger partial charge < -0.3 is 5.11 Å². The van der Waals surface area contributed by atoms with E-state index < -0.39 is 22.0 Å². The SMILES string of the molecule is C.O=C(O)[C@@H](NS(=O)(=O)c1ccccc1)c1ccccc1. The van der Waals surface area contributed by atoms with Crippen molar-refractivity contribution in [3.05, 3.63) is 66.2 Å². The van der Waals surface area contributed by atoms with Gasteiger partial charge in [0.2, 0.25) is 10.0 Å². The first-order valence-electron chi connectivity index (χ1n) is 5.86. The van der Waals surface area contributed by atoms with E-state index in [2.05, 4.69) is 4.72 Å². The lowest BCUT2D eigenvalue weighted by molar-refractivity contribution is -0.139. The Bertz CT molecular complexity index is 684. The van der Waals surface area contributed by atoms with E-state index in [4.69, 9.17) is 0 Å². The Hall–Kier alpha value is -2.18. The van der Waals surface area contributed by atoms with E-state index in [1.54, 1.807) is 48.5 Å². The first-order valence-corrected chi connectivity index (χ1v) is 7.34. The van der Waals surface area contributed by atoms with Gasteiger partial charge in [-0.1, -0.05) is 56.0 Å². The van der Waals surface area contributed by atoms with E-state index in [9.17, 15) is 18.3 Å². The van der Waals surface area contributed by atoms with Crippen LogP contribution in [0, 0.1) is 0 Å². The molecule has 0 heterocycles. The summed E-state index contributed by atoms with van der Waals surface area (Å²) in [6.45, 7) is 0. The van der Waals surface area contributed by atoms with Crippen molar-refractivity contribution in [1.29, 1.82) is 0 Å². The van der Waals surface area contributed by atoms with Crippen molar-refractivity contribution in [2.75, 3.05) is 0 Å². The van der Waals surface area contributed by atoms with Crippen molar-refractivity contribution in [2.24, 2.45) is 0 Å². The van der Waals surface area contributed by atoms with Gasteiger partial charge in [-0.05, 0) is 17.7 Å². The van der Waals surface area contributed by atoms with Crippen LogP contribution in [-0.4, -0.2) is 19.5 Å². The van der Waals surface area contributed by atoms with Crippen LogP contribution in [0.25, 0.3) is 0 Å². The Morgan fingerprint density at radius 3 is 1.90 bits per heavy atom. The van der Waals surface area contributed by atoms with Crippen LogP contribution in [0.3, 0.4) is 0 Å². The summed E-state index contributed by atoms with van der Waals surface area (Å²) >= 11 is 0. The van der Waals surface area contributed by atoms with Crippen LogP contribution < -0.4 is 4.72 Å². The molecular weight excluding hydrogens is 290 g/mol. The van der Waals surface area contributed by atoms with Gasteiger partial charge in [-0.2, -0.15) is 4.72 Å². The summed E-state index contributed by atoms with van der Waals surface area (Å²) in [6.07, 6.45) is 0. The van der Waals surface area contributed by atoms with Gasteiger partial charge in [-0.3, -0.25) is 4.79 Å². The Balaban J connectivity index is 0.00000220. The molecule has 0 saturated heterocycles. The second kappa shape index (κ2) is 7.01. The Morgan fingerprint density at radius 2 is 1.43 bits per heavy atom. The molecule has 0 spiro atoms. The molecule has 0 aliphatic rings. The van der Waals surface area contributed by atoms with Crippen LogP contribution in [0.5, 0.6) is 0 Å². The summed E-state index contributed by atoms with van der Waals surface area (Å²) in [6, 6.07) is 14.5. The van der Waals surface area contributed by atoms with Gasteiger partial charge in [0.1, 0.15) is 6.04 Å². The predicted octanol–water partition coefficient (Wildman–Crippen LogP) is 2.43. The van der Waals surface area contributed by atoms with Gasteiger partial charge in [0, 0.05) is 0 Å². The fraction of sp³-hybridized carbons (Fsp3) is 0.133. The van der Waals surface area contributed by atoms with Crippen LogP contribution in [0.4, 0.5) is 0 Å². The molecule has 2 aromatic rings. The van der Waals surface area contributed by atoms with Crippen molar-refractivity contribution in [2.45, 2.75) is 18.4 Å². The number of carboxylic acids is 1. The normalized spacial score (nSPS) is 12.2. The van der Waals surface area contributed by atoms with Gasteiger partial charge in [-0.15, -0.1) is 0 Å². The number of rotatable bonds is 5. The van der Waals surface area contributed by atoms with Crippen molar-refractivity contribution >= 4 is 16.0 Å². The van der Waals surface area contributed by atoms with E-state index >= 15 is 0 Å². The summed E-state index contributed by atoms with van der Waals surface area (Å²) in [5, 5.41) is 9.21. The highest BCUT2D eigenvalue weighted by molar-refractivity contribution is 7.89. The largest absolute Gasteiger partial charge is 0.480 e. The Morgan fingerprint density at radius 1 is 0.952 bits per heavy atom. The number of hydrogen-bond acceptors (Lipinski definition) is 3. The third kappa shape index (κ3) is 4.14. The fourth-order valence-electron chi connectivity index (χ4n) is 1.73. The van der Waals surface area contributed by atoms with Gasteiger partial charge in [0.05, 0.1) is 4.90 Å². The molecule has 6 heteroatoms. The van der Waals surface area contributed by atoms with Crippen LogP contribution in [-0.2, 0) is 14.8 Å². The number of hydrogen-bond donors (Lipinski definition) is 2. The molecule has 2 aromatic carbocycles. The highest BCUT2D eigenvalue weighted by Gasteiger charge is 2.26. The number of aliphatic carboxylic acids is 1. The molecule has 0 radical (unpaired) electrons. The minimum absolute atomic E-state index is 0. The average Bonchev–Trinajstić information content (AvgIpc) is 2.46. The third-order valence-electron chi connectivity index (χ3n) is 2.71. The Labute approximate surface area is 124 Å². The van der Waals surface area contributed by atoms with Crippen LogP contribution in [0.1, 0.15) is 19.0 Å². The van der Waals surface area contributed by atoms with Gasteiger partial charge >= 0.3 is 5.97 Å². The van der Waals surface area contributed by atoms with Crippen LogP contribution >= 0.6 is 0 Å². The maximum atomic E-state index is 12.1. The van der Waals surface area contributed by atoms with Crippen molar-refractivity contribution in [3.63, 3.8) is 0 Å². The van der Waals surface area contributed by atoms with Gasteiger partial charge in [0.25, 0.3) is 0 Å². The molecular formula is C15H17NO4S. The predicted molar refractivity (Wildman–Crippen MR) is 80.3 cm³/mol. The highest BCUT2D eigenvalue weighted by Crippen LogP contribution is 2.17. The second-order valence-electron chi connectivity index (χ2n) is 4.12. The molecule has 0 bridgehead atoms. The monoisotopic (exact) mass is 307 g/mol. The van der Waals surface area contributed by atoms with Crippen molar-refractivity contribution < 1.29 is 18.3 Å². The first-order chi connectivity index (χ1) is 9.50. The van der Waals surface area contributed by atoms with E-state index in [-0.39, 0.29) is 12.3 Å². The van der Waals surface area contributed by atoms with E-state index in [1.807, 2.05) is 0 Å². The van der Waals surface area contributed by atoms with E-state index in [1.165, 1.54) is 12.1 Å². The molecule has 0 unspecified atom stereocenters. The molecule has 1 atom stereocenters.